The third-order valence-corrected chi connectivity index (χ3v) is 5.95. The second-order valence-electron chi connectivity index (χ2n) is 7.46. The molecule has 34 heavy (non-hydrogen) atoms. The number of hydrogen-bond donors (Lipinski definition) is 2. The summed E-state index contributed by atoms with van der Waals surface area (Å²) in [5.41, 5.74) is 3.88. The van der Waals surface area contributed by atoms with Crippen molar-refractivity contribution in [1.82, 2.24) is 0 Å². The van der Waals surface area contributed by atoms with Crippen molar-refractivity contribution in [2.24, 2.45) is 0 Å². The molecule has 0 aromatic heterocycles. The van der Waals surface area contributed by atoms with Gasteiger partial charge in [-0.25, -0.2) is 0 Å². The zero-order chi connectivity index (χ0) is 24.7. The van der Waals surface area contributed by atoms with Gasteiger partial charge < -0.3 is 15.4 Å². The molecule has 0 aliphatic rings. The molecule has 172 valence electrons. The van der Waals surface area contributed by atoms with Gasteiger partial charge in [-0.3, -0.25) is 9.59 Å². The molecule has 0 aliphatic heterocycles. The number of carbonyl (C=O) groups excluding carboxylic acids is 2. The van der Waals surface area contributed by atoms with Crippen molar-refractivity contribution < 1.29 is 14.3 Å². The number of amides is 2. The molecular formula is C26H21Br2N3O3. The summed E-state index contributed by atoms with van der Waals surface area (Å²) in [6.07, 6.45) is 1.48. The SMILES string of the molecule is Cc1ccc(NC(=O)COc2c(Br)cc(/C=C(\C#N)C(=O)Nc3ccccc3C)cc2Br)cc1. The molecule has 0 bridgehead atoms. The molecule has 6 nitrogen and oxygen atoms in total. The van der Waals surface area contributed by atoms with Gasteiger partial charge in [-0.2, -0.15) is 5.26 Å². The Labute approximate surface area is 214 Å². The van der Waals surface area contributed by atoms with E-state index in [1.807, 2.05) is 62.4 Å². The zero-order valence-electron chi connectivity index (χ0n) is 18.5. The van der Waals surface area contributed by atoms with Crippen LogP contribution in [0.25, 0.3) is 6.08 Å². The van der Waals surface area contributed by atoms with Gasteiger partial charge in [0.1, 0.15) is 17.4 Å². The number of carbonyl (C=O) groups is 2. The summed E-state index contributed by atoms with van der Waals surface area (Å²) in [5, 5.41) is 15.0. The van der Waals surface area contributed by atoms with E-state index in [4.69, 9.17) is 4.74 Å². The van der Waals surface area contributed by atoms with E-state index < -0.39 is 5.91 Å². The molecule has 0 heterocycles. The summed E-state index contributed by atoms with van der Waals surface area (Å²) in [6.45, 7) is 3.65. The minimum Gasteiger partial charge on any atom is -0.481 e. The number of rotatable bonds is 7. The Kier molecular flexibility index (Phi) is 8.63. The normalized spacial score (nSPS) is 10.9. The molecule has 2 amide bonds. The van der Waals surface area contributed by atoms with E-state index in [2.05, 4.69) is 42.5 Å². The number of aryl methyl sites for hydroxylation is 2. The van der Waals surface area contributed by atoms with Crippen molar-refractivity contribution in [3.63, 3.8) is 0 Å². The predicted molar refractivity (Wildman–Crippen MR) is 141 cm³/mol. The number of ether oxygens (including phenoxy) is 1. The molecule has 3 aromatic rings. The predicted octanol–water partition coefficient (Wildman–Crippen LogP) is 6.39. The number of halogens is 2. The highest BCUT2D eigenvalue weighted by molar-refractivity contribution is 9.11. The maximum Gasteiger partial charge on any atom is 0.266 e. The molecule has 0 unspecified atom stereocenters. The average Bonchev–Trinajstić information content (AvgIpc) is 2.80. The molecule has 8 heteroatoms. The monoisotopic (exact) mass is 581 g/mol. The van der Waals surface area contributed by atoms with Crippen LogP contribution < -0.4 is 15.4 Å². The van der Waals surface area contributed by atoms with Gasteiger partial charge in [-0.15, -0.1) is 0 Å². The molecule has 3 rings (SSSR count). The van der Waals surface area contributed by atoms with Crippen molar-refractivity contribution >= 4 is 61.1 Å². The number of para-hydroxylation sites is 1. The fourth-order valence-electron chi connectivity index (χ4n) is 2.99. The second kappa shape index (κ2) is 11.6. The van der Waals surface area contributed by atoms with Gasteiger partial charge >= 0.3 is 0 Å². The highest BCUT2D eigenvalue weighted by Gasteiger charge is 2.14. The number of hydrogen-bond acceptors (Lipinski definition) is 4. The van der Waals surface area contributed by atoms with Crippen LogP contribution in [-0.2, 0) is 9.59 Å². The van der Waals surface area contributed by atoms with Crippen molar-refractivity contribution in [3.05, 3.63) is 91.9 Å². The number of anilines is 2. The second-order valence-corrected chi connectivity index (χ2v) is 9.16. The lowest BCUT2D eigenvalue weighted by Crippen LogP contribution is -2.20. The molecule has 0 spiro atoms. The first kappa shape index (κ1) is 25.2. The first-order valence-corrected chi connectivity index (χ1v) is 11.8. The Morgan fingerprint density at radius 3 is 2.26 bits per heavy atom. The molecular weight excluding hydrogens is 562 g/mol. The Hall–Kier alpha value is -3.41. The Balaban J connectivity index is 1.69. The van der Waals surface area contributed by atoms with E-state index in [1.54, 1.807) is 18.2 Å². The summed E-state index contributed by atoms with van der Waals surface area (Å²) < 4.78 is 6.81. The third kappa shape index (κ3) is 6.80. The number of nitriles is 1. The first-order valence-electron chi connectivity index (χ1n) is 10.2. The molecule has 0 fully saturated rings. The van der Waals surface area contributed by atoms with Crippen LogP contribution in [-0.4, -0.2) is 18.4 Å². The topological polar surface area (TPSA) is 91.2 Å². The largest absolute Gasteiger partial charge is 0.481 e. The lowest BCUT2D eigenvalue weighted by atomic mass is 10.1. The summed E-state index contributed by atoms with van der Waals surface area (Å²) >= 11 is 6.87. The number of nitrogens with zero attached hydrogens (tertiary/aromatic N) is 1. The standard InChI is InChI=1S/C26H21Br2N3O3/c1-16-7-9-20(10-8-16)30-24(32)15-34-25-21(27)12-18(13-22(25)28)11-19(14-29)26(33)31-23-6-4-3-5-17(23)2/h3-13H,15H2,1-2H3,(H,30,32)(H,31,33)/b19-11+. The lowest BCUT2D eigenvalue weighted by molar-refractivity contribution is -0.118. The van der Waals surface area contributed by atoms with E-state index in [0.29, 0.717) is 31.6 Å². The highest BCUT2D eigenvalue weighted by atomic mass is 79.9. The fourth-order valence-corrected chi connectivity index (χ4v) is 4.44. The van der Waals surface area contributed by atoms with E-state index in [-0.39, 0.29) is 18.1 Å². The molecule has 0 atom stereocenters. The van der Waals surface area contributed by atoms with Gasteiger partial charge in [-0.05, 0) is 93.2 Å². The average molecular weight is 583 g/mol. The van der Waals surface area contributed by atoms with Crippen LogP contribution in [0.15, 0.2) is 75.2 Å². The van der Waals surface area contributed by atoms with Crippen LogP contribution in [0, 0.1) is 25.2 Å². The van der Waals surface area contributed by atoms with Crippen LogP contribution in [0.2, 0.25) is 0 Å². The van der Waals surface area contributed by atoms with Crippen LogP contribution in [0.1, 0.15) is 16.7 Å². The lowest BCUT2D eigenvalue weighted by Gasteiger charge is -2.12. The number of nitrogens with one attached hydrogen (secondary N) is 2. The Bertz CT molecular complexity index is 1270. The minimum absolute atomic E-state index is 0.0480. The zero-order valence-corrected chi connectivity index (χ0v) is 21.7. The van der Waals surface area contributed by atoms with E-state index in [9.17, 15) is 14.9 Å². The van der Waals surface area contributed by atoms with Crippen molar-refractivity contribution in [2.75, 3.05) is 17.2 Å². The van der Waals surface area contributed by atoms with Crippen molar-refractivity contribution in [2.45, 2.75) is 13.8 Å². The Morgan fingerprint density at radius 1 is 1.00 bits per heavy atom. The highest BCUT2D eigenvalue weighted by Crippen LogP contribution is 2.35. The molecule has 0 aliphatic carbocycles. The van der Waals surface area contributed by atoms with E-state index in [1.165, 1.54) is 6.08 Å². The maximum absolute atomic E-state index is 12.6. The van der Waals surface area contributed by atoms with Crippen molar-refractivity contribution in [3.8, 4) is 11.8 Å². The van der Waals surface area contributed by atoms with Gasteiger partial charge in [-0.1, -0.05) is 35.9 Å². The van der Waals surface area contributed by atoms with Crippen molar-refractivity contribution in [1.29, 1.82) is 5.26 Å². The first-order chi connectivity index (χ1) is 16.3. The number of benzene rings is 3. The van der Waals surface area contributed by atoms with Crippen LogP contribution in [0.4, 0.5) is 11.4 Å². The quantitative estimate of drug-likeness (QED) is 0.249. The fraction of sp³-hybridized carbons (Fsp3) is 0.115. The van der Waals surface area contributed by atoms with Gasteiger partial charge in [0.2, 0.25) is 0 Å². The van der Waals surface area contributed by atoms with Crippen LogP contribution in [0.3, 0.4) is 0 Å². The minimum atomic E-state index is -0.503. The molecule has 3 aromatic carbocycles. The summed E-state index contributed by atoms with van der Waals surface area (Å²) in [4.78, 5) is 24.8. The molecule has 0 saturated heterocycles. The maximum atomic E-state index is 12.6. The summed E-state index contributed by atoms with van der Waals surface area (Å²) in [7, 11) is 0. The summed E-state index contributed by atoms with van der Waals surface area (Å²) in [6, 6.07) is 20.1. The van der Waals surface area contributed by atoms with Gasteiger partial charge in [0, 0.05) is 11.4 Å². The molecule has 0 saturated carbocycles. The van der Waals surface area contributed by atoms with Gasteiger partial charge in [0.15, 0.2) is 6.61 Å². The smallest absolute Gasteiger partial charge is 0.266 e. The third-order valence-electron chi connectivity index (χ3n) is 4.77. The van der Waals surface area contributed by atoms with Gasteiger partial charge in [0.25, 0.3) is 11.8 Å². The van der Waals surface area contributed by atoms with E-state index in [0.717, 1.165) is 11.1 Å². The Morgan fingerprint density at radius 2 is 1.65 bits per heavy atom. The van der Waals surface area contributed by atoms with Crippen LogP contribution >= 0.6 is 31.9 Å². The van der Waals surface area contributed by atoms with Gasteiger partial charge in [0.05, 0.1) is 8.95 Å². The summed E-state index contributed by atoms with van der Waals surface area (Å²) in [5.74, 6) is -0.373. The molecule has 0 radical (unpaired) electrons. The van der Waals surface area contributed by atoms with E-state index >= 15 is 0 Å². The molecule has 2 N–H and O–H groups in total. The van der Waals surface area contributed by atoms with Crippen LogP contribution in [0.5, 0.6) is 5.75 Å².